The van der Waals surface area contributed by atoms with Crippen LogP contribution in [0.2, 0.25) is 5.02 Å². The van der Waals surface area contributed by atoms with E-state index < -0.39 is 11.9 Å². The van der Waals surface area contributed by atoms with Crippen molar-refractivity contribution < 1.29 is 28.9 Å². The Balaban J connectivity index is 2.06. The number of benzene rings is 1. The summed E-state index contributed by atoms with van der Waals surface area (Å²) in [4.78, 5) is 22.5. The van der Waals surface area contributed by atoms with Gasteiger partial charge < -0.3 is 19.3 Å². The molecule has 0 radical (unpaired) electrons. The molecule has 0 heterocycles. The van der Waals surface area contributed by atoms with Crippen molar-refractivity contribution in [2.75, 3.05) is 26.4 Å². The summed E-state index contributed by atoms with van der Waals surface area (Å²) in [6, 6.07) is 4.12. The summed E-state index contributed by atoms with van der Waals surface area (Å²) in [6.45, 7) is 4.66. The Kier molecular flexibility index (Phi) is 8.79. The Morgan fingerprint density at radius 1 is 1.13 bits per heavy atom. The topological polar surface area (TPSA) is 82.1 Å². The minimum absolute atomic E-state index is 0.0876. The smallest absolute Gasteiger partial charge is 0.338 e. The molecule has 7 heteroatoms. The van der Waals surface area contributed by atoms with Crippen LogP contribution in [0.4, 0.5) is 0 Å². The maximum Gasteiger partial charge on any atom is 0.338 e. The number of hydrogen-bond donors (Lipinski definition) is 1. The van der Waals surface area contributed by atoms with E-state index in [9.17, 15) is 14.7 Å². The Hall–Kier alpha value is -2.05. The Morgan fingerprint density at radius 3 is 2.39 bits per heavy atom. The SMILES string of the molecule is C=CC(=O)OCCCOCCCOC(=O)c1ccc(O)c(Cl)c1. The van der Waals surface area contributed by atoms with Crippen LogP contribution in [0.1, 0.15) is 23.2 Å². The molecule has 1 N–H and O–H groups in total. The summed E-state index contributed by atoms with van der Waals surface area (Å²) < 4.78 is 15.1. The number of carbonyl (C=O) groups is 2. The number of rotatable bonds is 10. The first kappa shape index (κ1) is 19.0. The Morgan fingerprint density at radius 2 is 1.78 bits per heavy atom. The number of phenolic OH excluding ortho intramolecular Hbond substituents is 1. The van der Waals surface area contributed by atoms with Crippen molar-refractivity contribution >= 4 is 23.5 Å². The van der Waals surface area contributed by atoms with Gasteiger partial charge in [-0.05, 0) is 18.2 Å². The maximum absolute atomic E-state index is 11.7. The average molecular weight is 343 g/mol. The molecule has 1 aromatic rings. The monoisotopic (exact) mass is 342 g/mol. The molecule has 0 saturated carbocycles. The van der Waals surface area contributed by atoms with Crippen molar-refractivity contribution in [3.05, 3.63) is 41.4 Å². The molecule has 0 bridgehead atoms. The fourth-order valence-corrected chi connectivity index (χ4v) is 1.72. The predicted molar refractivity (Wildman–Crippen MR) is 84.6 cm³/mol. The molecule has 0 atom stereocenters. The summed E-state index contributed by atoms with van der Waals surface area (Å²) in [5, 5.41) is 9.37. The lowest BCUT2D eigenvalue weighted by Crippen LogP contribution is -2.09. The van der Waals surface area contributed by atoms with E-state index in [-0.39, 0.29) is 29.5 Å². The summed E-state index contributed by atoms with van der Waals surface area (Å²) in [5.41, 5.74) is 0.276. The summed E-state index contributed by atoms with van der Waals surface area (Å²) in [6.07, 6.45) is 2.24. The van der Waals surface area contributed by atoms with Crippen LogP contribution >= 0.6 is 11.6 Å². The second-order valence-corrected chi connectivity index (χ2v) is 4.90. The molecule has 6 nitrogen and oxygen atoms in total. The van der Waals surface area contributed by atoms with Gasteiger partial charge in [-0.2, -0.15) is 0 Å². The van der Waals surface area contributed by atoms with E-state index in [1.165, 1.54) is 18.2 Å². The minimum Gasteiger partial charge on any atom is -0.506 e. The van der Waals surface area contributed by atoms with E-state index in [1.54, 1.807) is 0 Å². The zero-order valence-electron chi connectivity index (χ0n) is 12.6. The van der Waals surface area contributed by atoms with Crippen LogP contribution in [0.25, 0.3) is 0 Å². The highest BCUT2D eigenvalue weighted by atomic mass is 35.5. The number of carbonyl (C=O) groups excluding carboxylic acids is 2. The molecule has 0 saturated heterocycles. The van der Waals surface area contributed by atoms with Crippen molar-refractivity contribution in [1.82, 2.24) is 0 Å². The molecule has 0 amide bonds. The molecule has 126 valence electrons. The second kappa shape index (κ2) is 10.6. The maximum atomic E-state index is 11.7. The molecule has 0 unspecified atom stereocenters. The summed E-state index contributed by atoms with van der Waals surface area (Å²) in [7, 11) is 0. The van der Waals surface area contributed by atoms with Crippen molar-refractivity contribution in [2.45, 2.75) is 12.8 Å². The third kappa shape index (κ3) is 7.67. The van der Waals surface area contributed by atoms with Gasteiger partial charge >= 0.3 is 11.9 Å². The van der Waals surface area contributed by atoms with Gasteiger partial charge in [0.25, 0.3) is 0 Å². The molecule has 0 aliphatic rings. The van der Waals surface area contributed by atoms with Gasteiger partial charge in [-0.3, -0.25) is 0 Å². The van der Waals surface area contributed by atoms with Crippen LogP contribution in [0.5, 0.6) is 5.75 Å². The highest BCUT2D eigenvalue weighted by molar-refractivity contribution is 6.32. The first-order chi connectivity index (χ1) is 11.0. The third-order valence-electron chi connectivity index (χ3n) is 2.69. The lowest BCUT2D eigenvalue weighted by atomic mass is 10.2. The molecular formula is C16H19ClO6. The van der Waals surface area contributed by atoms with Crippen molar-refractivity contribution in [3.8, 4) is 5.75 Å². The van der Waals surface area contributed by atoms with E-state index in [2.05, 4.69) is 6.58 Å². The number of aromatic hydroxyl groups is 1. The number of ether oxygens (including phenoxy) is 3. The van der Waals surface area contributed by atoms with Crippen molar-refractivity contribution in [1.29, 1.82) is 0 Å². The van der Waals surface area contributed by atoms with E-state index in [0.29, 0.717) is 26.1 Å². The van der Waals surface area contributed by atoms with E-state index in [0.717, 1.165) is 6.08 Å². The number of hydrogen-bond acceptors (Lipinski definition) is 6. The fourth-order valence-electron chi connectivity index (χ4n) is 1.54. The molecule has 0 spiro atoms. The molecule has 0 aliphatic carbocycles. The predicted octanol–water partition coefficient (Wildman–Crippen LogP) is 2.73. The minimum atomic E-state index is -0.511. The van der Waals surface area contributed by atoms with Crippen LogP contribution in [-0.2, 0) is 19.0 Å². The van der Waals surface area contributed by atoms with Gasteiger partial charge in [-0.25, -0.2) is 9.59 Å². The summed E-state index contributed by atoms with van der Waals surface area (Å²) >= 11 is 5.72. The Bertz CT molecular complexity index is 543. The van der Waals surface area contributed by atoms with Crippen LogP contribution in [0, 0.1) is 0 Å². The van der Waals surface area contributed by atoms with Gasteiger partial charge in [0, 0.05) is 32.1 Å². The zero-order valence-corrected chi connectivity index (χ0v) is 13.4. The number of phenols is 1. The number of esters is 2. The largest absolute Gasteiger partial charge is 0.506 e. The van der Waals surface area contributed by atoms with Gasteiger partial charge in [0.15, 0.2) is 0 Å². The van der Waals surface area contributed by atoms with Crippen LogP contribution in [0.3, 0.4) is 0 Å². The quantitative estimate of drug-likeness (QED) is 0.400. The highest BCUT2D eigenvalue weighted by Gasteiger charge is 2.09. The van der Waals surface area contributed by atoms with Gasteiger partial charge in [-0.1, -0.05) is 18.2 Å². The first-order valence-corrected chi connectivity index (χ1v) is 7.45. The molecule has 23 heavy (non-hydrogen) atoms. The third-order valence-corrected chi connectivity index (χ3v) is 3.00. The average Bonchev–Trinajstić information content (AvgIpc) is 2.55. The van der Waals surface area contributed by atoms with Crippen molar-refractivity contribution in [3.63, 3.8) is 0 Å². The zero-order chi connectivity index (χ0) is 17.1. The van der Waals surface area contributed by atoms with E-state index in [1.807, 2.05) is 0 Å². The fraction of sp³-hybridized carbons (Fsp3) is 0.375. The molecule has 1 rings (SSSR count). The van der Waals surface area contributed by atoms with E-state index >= 15 is 0 Å². The molecule has 0 aliphatic heterocycles. The molecule has 0 aromatic heterocycles. The molecule has 0 fully saturated rings. The standard InChI is InChI=1S/C16H19ClO6/c1-2-15(19)22-9-3-7-21-8-4-10-23-16(20)12-5-6-14(18)13(17)11-12/h2,5-6,11,18H,1,3-4,7-10H2. The molecule has 1 aromatic carbocycles. The first-order valence-electron chi connectivity index (χ1n) is 7.07. The molecular weight excluding hydrogens is 324 g/mol. The summed E-state index contributed by atoms with van der Waals surface area (Å²) in [5.74, 6) is -1.05. The van der Waals surface area contributed by atoms with Gasteiger partial charge in [-0.15, -0.1) is 0 Å². The van der Waals surface area contributed by atoms with Gasteiger partial charge in [0.2, 0.25) is 0 Å². The van der Waals surface area contributed by atoms with Crippen molar-refractivity contribution in [2.24, 2.45) is 0 Å². The Labute approximate surface area is 139 Å². The van der Waals surface area contributed by atoms with Crippen LogP contribution in [0.15, 0.2) is 30.9 Å². The lowest BCUT2D eigenvalue weighted by molar-refractivity contribution is -0.138. The van der Waals surface area contributed by atoms with E-state index in [4.69, 9.17) is 25.8 Å². The van der Waals surface area contributed by atoms with Crippen LogP contribution < -0.4 is 0 Å². The van der Waals surface area contributed by atoms with Gasteiger partial charge in [0.05, 0.1) is 23.8 Å². The normalized spacial score (nSPS) is 10.1. The number of halogens is 1. The van der Waals surface area contributed by atoms with Gasteiger partial charge in [0.1, 0.15) is 5.75 Å². The lowest BCUT2D eigenvalue weighted by Gasteiger charge is -2.07. The second-order valence-electron chi connectivity index (χ2n) is 4.49. The van der Waals surface area contributed by atoms with Crippen LogP contribution in [-0.4, -0.2) is 43.5 Å². The highest BCUT2D eigenvalue weighted by Crippen LogP contribution is 2.23.